The number of likely N-dealkylation sites (N-methyl/N-ethyl adjacent to an activating group) is 1. The fourth-order valence-electron chi connectivity index (χ4n) is 2.74. The summed E-state index contributed by atoms with van der Waals surface area (Å²) in [5.41, 5.74) is 5.35. The average molecular weight is 360 g/mol. The zero-order valence-electron chi connectivity index (χ0n) is 14.2. The van der Waals surface area contributed by atoms with Gasteiger partial charge in [0, 0.05) is 24.5 Å². The van der Waals surface area contributed by atoms with E-state index in [1.54, 1.807) is 0 Å². The van der Waals surface area contributed by atoms with Crippen LogP contribution in [0.25, 0.3) is 0 Å². The molecule has 2 atom stereocenters. The van der Waals surface area contributed by atoms with Gasteiger partial charge in [-0.3, -0.25) is 16.0 Å². The number of hydrogen-bond donors (Lipinski definition) is 2. The van der Waals surface area contributed by atoms with Gasteiger partial charge in [-0.05, 0) is 56.7 Å². The summed E-state index contributed by atoms with van der Waals surface area (Å²) in [6.07, 6.45) is 2.80. The molecular weight excluding hydrogens is 330 g/mol. The lowest BCUT2D eigenvalue weighted by molar-refractivity contribution is 0.111. The van der Waals surface area contributed by atoms with Crippen molar-refractivity contribution in [3.63, 3.8) is 0 Å². The monoisotopic (exact) mass is 359 g/mol. The maximum absolute atomic E-state index is 5.88. The Labute approximate surface area is 137 Å². The molecule has 0 bridgehead atoms. The predicted octanol–water partition coefficient (Wildman–Crippen LogP) is 2.33. The normalized spacial score (nSPS) is 16.2. The Balaban J connectivity index is 3.15. The van der Waals surface area contributed by atoms with Crippen molar-refractivity contribution in [3.05, 3.63) is 15.9 Å². The lowest BCUT2D eigenvalue weighted by Gasteiger charge is -2.42. The van der Waals surface area contributed by atoms with E-state index in [1.807, 2.05) is 0 Å². The summed E-state index contributed by atoms with van der Waals surface area (Å²) in [4.78, 5) is 2.25. The van der Waals surface area contributed by atoms with Crippen LogP contribution in [0.15, 0.2) is 4.47 Å². The maximum atomic E-state index is 5.88. The average Bonchev–Trinajstić information content (AvgIpc) is 2.79. The van der Waals surface area contributed by atoms with E-state index >= 15 is 0 Å². The molecule has 122 valence electrons. The molecule has 0 saturated heterocycles. The number of rotatable bonds is 8. The van der Waals surface area contributed by atoms with Crippen LogP contribution in [0.3, 0.4) is 0 Å². The van der Waals surface area contributed by atoms with Gasteiger partial charge in [-0.2, -0.15) is 5.10 Å². The Morgan fingerprint density at radius 3 is 2.38 bits per heavy atom. The molecule has 3 N–H and O–H groups in total. The van der Waals surface area contributed by atoms with Gasteiger partial charge in [-0.25, -0.2) is 0 Å². The van der Waals surface area contributed by atoms with Gasteiger partial charge in [-0.15, -0.1) is 0 Å². The molecule has 0 radical (unpaired) electrons. The van der Waals surface area contributed by atoms with Gasteiger partial charge in [0.2, 0.25) is 0 Å². The molecule has 1 aromatic rings. The number of hydrogen-bond acceptors (Lipinski definition) is 4. The Morgan fingerprint density at radius 1 is 1.38 bits per heavy atom. The number of nitrogens with two attached hydrogens (primary N) is 1. The summed E-state index contributed by atoms with van der Waals surface area (Å²) in [6, 6.07) is 0.153. The Morgan fingerprint density at radius 2 is 2.00 bits per heavy atom. The van der Waals surface area contributed by atoms with Crippen molar-refractivity contribution in [2.24, 2.45) is 5.84 Å². The first-order valence-corrected chi connectivity index (χ1v) is 8.52. The molecule has 1 rings (SSSR count). The number of nitrogens with one attached hydrogen (secondary N) is 1. The second-order valence-corrected chi connectivity index (χ2v) is 6.70. The molecule has 2 unspecified atom stereocenters. The minimum absolute atomic E-state index is 0.0105. The summed E-state index contributed by atoms with van der Waals surface area (Å²) in [7, 11) is 4.22. The Kier molecular flexibility index (Phi) is 6.84. The van der Waals surface area contributed by atoms with E-state index in [9.17, 15) is 0 Å². The molecule has 0 aliphatic heterocycles. The molecule has 1 aromatic heterocycles. The summed E-state index contributed by atoms with van der Waals surface area (Å²) in [6.45, 7) is 9.58. The van der Waals surface area contributed by atoms with Crippen molar-refractivity contribution in [1.82, 2.24) is 20.1 Å². The van der Waals surface area contributed by atoms with Crippen LogP contribution >= 0.6 is 15.9 Å². The van der Waals surface area contributed by atoms with Crippen molar-refractivity contribution in [1.29, 1.82) is 0 Å². The van der Waals surface area contributed by atoms with Crippen LogP contribution in [0, 0.1) is 0 Å². The second kappa shape index (κ2) is 7.72. The van der Waals surface area contributed by atoms with Crippen molar-refractivity contribution in [3.8, 4) is 0 Å². The van der Waals surface area contributed by atoms with Crippen LogP contribution < -0.4 is 11.3 Å². The van der Waals surface area contributed by atoms with E-state index in [2.05, 4.69) is 77.8 Å². The zero-order valence-corrected chi connectivity index (χ0v) is 15.8. The largest absolute Gasteiger partial charge is 0.302 e. The molecular formula is C15H30BrN5. The molecule has 6 heteroatoms. The van der Waals surface area contributed by atoms with E-state index in [-0.39, 0.29) is 11.6 Å². The van der Waals surface area contributed by atoms with Crippen LogP contribution in [-0.4, -0.2) is 40.4 Å². The number of aryl methyl sites for hydroxylation is 2. The van der Waals surface area contributed by atoms with Gasteiger partial charge in [0.05, 0.1) is 15.9 Å². The van der Waals surface area contributed by atoms with E-state index < -0.39 is 0 Å². The van der Waals surface area contributed by atoms with Crippen molar-refractivity contribution in [2.45, 2.75) is 65.1 Å². The molecule has 0 amide bonds. The first-order chi connectivity index (χ1) is 9.85. The molecule has 0 aliphatic carbocycles. The third-order valence-electron chi connectivity index (χ3n) is 4.78. The van der Waals surface area contributed by atoms with Crippen molar-refractivity contribution < 1.29 is 0 Å². The maximum Gasteiger partial charge on any atom is 0.0766 e. The molecule has 0 aliphatic rings. The number of hydrazine groups is 1. The molecule has 5 nitrogen and oxygen atoms in total. The van der Waals surface area contributed by atoms with Crippen LogP contribution in [0.2, 0.25) is 0 Å². The third-order valence-corrected chi connectivity index (χ3v) is 5.70. The summed E-state index contributed by atoms with van der Waals surface area (Å²) >= 11 is 3.72. The molecule has 1 heterocycles. The van der Waals surface area contributed by atoms with Crippen LogP contribution in [0.5, 0.6) is 0 Å². The Bertz CT molecular complexity index is 457. The van der Waals surface area contributed by atoms with Gasteiger partial charge in [-0.1, -0.05) is 13.8 Å². The minimum atomic E-state index is -0.0105. The van der Waals surface area contributed by atoms with E-state index in [0.717, 1.165) is 36.0 Å². The van der Waals surface area contributed by atoms with E-state index in [1.165, 1.54) is 5.69 Å². The van der Waals surface area contributed by atoms with Gasteiger partial charge < -0.3 is 4.90 Å². The first kappa shape index (κ1) is 18.6. The van der Waals surface area contributed by atoms with Crippen LogP contribution in [0.1, 0.15) is 45.5 Å². The highest BCUT2D eigenvalue weighted by Crippen LogP contribution is 2.28. The molecule has 0 saturated carbocycles. The third kappa shape index (κ3) is 3.67. The van der Waals surface area contributed by atoms with Gasteiger partial charge in [0.15, 0.2) is 0 Å². The van der Waals surface area contributed by atoms with Crippen molar-refractivity contribution >= 4 is 15.9 Å². The number of halogens is 1. The SMILES string of the molecule is CCc1nn(CC)c(CC(NN)C(C)(CC)N(C)C)c1Br. The minimum Gasteiger partial charge on any atom is -0.302 e. The second-order valence-electron chi connectivity index (χ2n) is 5.91. The summed E-state index contributed by atoms with van der Waals surface area (Å²) < 4.78 is 3.21. The number of aromatic nitrogens is 2. The fraction of sp³-hybridized carbons (Fsp3) is 0.800. The van der Waals surface area contributed by atoms with Crippen LogP contribution in [0.4, 0.5) is 0 Å². The lowest BCUT2D eigenvalue weighted by Crippen LogP contribution is -2.59. The standard InChI is InChI=1S/C15H30BrN5/c1-7-11-14(16)12(21(9-3)19-11)10-13(18-17)15(4,8-2)20(5)6/h13,18H,7-10,17H2,1-6H3. The van der Waals surface area contributed by atoms with Gasteiger partial charge in [0.25, 0.3) is 0 Å². The molecule has 0 fully saturated rings. The first-order valence-electron chi connectivity index (χ1n) is 7.73. The predicted molar refractivity (Wildman–Crippen MR) is 92.2 cm³/mol. The molecule has 0 spiro atoms. The van der Waals surface area contributed by atoms with E-state index in [4.69, 9.17) is 5.84 Å². The summed E-state index contributed by atoms with van der Waals surface area (Å²) in [5.74, 6) is 5.88. The van der Waals surface area contributed by atoms with E-state index in [0.29, 0.717) is 0 Å². The van der Waals surface area contributed by atoms with Gasteiger partial charge >= 0.3 is 0 Å². The van der Waals surface area contributed by atoms with Crippen LogP contribution in [-0.2, 0) is 19.4 Å². The smallest absolute Gasteiger partial charge is 0.0766 e. The Hall–Kier alpha value is -0.430. The zero-order chi connectivity index (χ0) is 16.2. The highest BCUT2D eigenvalue weighted by atomic mass is 79.9. The van der Waals surface area contributed by atoms with Gasteiger partial charge in [0.1, 0.15) is 0 Å². The fourth-order valence-corrected chi connectivity index (χ4v) is 3.46. The van der Waals surface area contributed by atoms with Crippen molar-refractivity contribution in [2.75, 3.05) is 14.1 Å². The number of nitrogens with zero attached hydrogens (tertiary/aromatic N) is 3. The highest BCUT2D eigenvalue weighted by molar-refractivity contribution is 9.10. The molecule has 0 aromatic carbocycles. The highest BCUT2D eigenvalue weighted by Gasteiger charge is 2.35. The lowest BCUT2D eigenvalue weighted by atomic mass is 9.85. The quantitative estimate of drug-likeness (QED) is 0.552. The summed E-state index contributed by atoms with van der Waals surface area (Å²) in [5, 5.41) is 4.67. The molecule has 21 heavy (non-hydrogen) atoms. The topological polar surface area (TPSA) is 59.1 Å².